The van der Waals surface area contributed by atoms with Gasteiger partial charge >= 0.3 is 5.97 Å². The van der Waals surface area contributed by atoms with Gasteiger partial charge in [0, 0.05) is 29.5 Å². The lowest BCUT2D eigenvalue weighted by atomic mass is 10.2. The average Bonchev–Trinajstić information content (AvgIpc) is 3.35. The van der Waals surface area contributed by atoms with Gasteiger partial charge in [-0.1, -0.05) is 5.16 Å². The van der Waals surface area contributed by atoms with Crippen LogP contribution in [0.2, 0.25) is 0 Å². The molecular formula is C18H17N3O5S. The number of esters is 1. The number of carbonyl (C=O) groups excluding carboxylic acids is 2. The molecule has 2 aromatic heterocycles. The zero-order valence-electron chi connectivity index (χ0n) is 14.6. The molecule has 8 nitrogen and oxygen atoms in total. The molecule has 0 unspecified atom stereocenters. The van der Waals surface area contributed by atoms with Crippen molar-refractivity contribution in [2.45, 2.75) is 0 Å². The van der Waals surface area contributed by atoms with E-state index in [1.807, 2.05) is 11.0 Å². The van der Waals surface area contributed by atoms with E-state index in [4.69, 9.17) is 14.0 Å². The number of carbonyl (C=O) groups is 2. The highest BCUT2D eigenvalue weighted by Gasteiger charge is 2.19. The summed E-state index contributed by atoms with van der Waals surface area (Å²) in [6, 6.07) is 8.80. The lowest BCUT2D eigenvalue weighted by Crippen LogP contribution is -2.35. The van der Waals surface area contributed by atoms with Crippen LogP contribution in [0.5, 0.6) is 0 Å². The molecule has 1 saturated heterocycles. The second-order valence-corrected chi connectivity index (χ2v) is 7.04. The van der Waals surface area contributed by atoms with E-state index < -0.39 is 0 Å². The minimum Gasteiger partial charge on any atom is -0.465 e. The van der Waals surface area contributed by atoms with Crippen LogP contribution in [-0.2, 0) is 9.47 Å². The topological polar surface area (TPSA) is 93.9 Å². The Morgan fingerprint density at radius 1 is 1.22 bits per heavy atom. The molecule has 0 bridgehead atoms. The van der Waals surface area contributed by atoms with Gasteiger partial charge in [0.1, 0.15) is 4.88 Å². The number of hydrogen-bond donors (Lipinski definition) is 1. The number of nitrogens with one attached hydrogen (secondary N) is 1. The van der Waals surface area contributed by atoms with Gasteiger partial charge in [-0.25, -0.2) is 4.79 Å². The maximum Gasteiger partial charge on any atom is 0.348 e. The van der Waals surface area contributed by atoms with Gasteiger partial charge in [-0.05, 0) is 29.7 Å². The van der Waals surface area contributed by atoms with E-state index >= 15 is 0 Å². The molecule has 1 aromatic carbocycles. The molecule has 1 amide bonds. The van der Waals surface area contributed by atoms with Gasteiger partial charge < -0.3 is 24.2 Å². The maximum atomic E-state index is 12.5. The minimum atomic E-state index is -0.375. The van der Waals surface area contributed by atoms with Crippen LogP contribution in [0.15, 0.2) is 34.9 Å². The van der Waals surface area contributed by atoms with Crippen molar-refractivity contribution in [2.75, 3.05) is 43.6 Å². The summed E-state index contributed by atoms with van der Waals surface area (Å²) in [6.07, 6.45) is 0. The SMILES string of the molecule is COC(=O)c1cc2cc(NC(=O)c3cc(N4CCOCC4)on3)ccc2s1. The van der Waals surface area contributed by atoms with Crippen LogP contribution < -0.4 is 10.2 Å². The number of anilines is 2. The van der Waals surface area contributed by atoms with E-state index in [2.05, 4.69) is 10.5 Å². The summed E-state index contributed by atoms with van der Waals surface area (Å²) in [5, 5.41) is 7.52. The predicted molar refractivity (Wildman–Crippen MR) is 101 cm³/mol. The minimum absolute atomic E-state index is 0.206. The number of amides is 1. The monoisotopic (exact) mass is 387 g/mol. The Morgan fingerprint density at radius 2 is 2.04 bits per heavy atom. The molecule has 3 heterocycles. The van der Waals surface area contributed by atoms with Crippen LogP contribution in [0.1, 0.15) is 20.2 Å². The van der Waals surface area contributed by atoms with E-state index in [0.29, 0.717) is 42.8 Å². The molecule has 1 aliphatic rings. The van der Waals surface area contributed by atoms with Crippen molar-refractivity contribution in [2.24, 2.45) is 0 Å². The Hall–Kier alpha value is -2.91. The number of ether oxygens (including phenoxy) is 2. The molecule has 140 valence electrons. The van der Waals surface area contributed by atoms with Gasteiger partial charge in [0.25, 0.3) is 5.91 Å². The predicted octanol–water partition coefficient (Wildman–Crippen LogP) is 2.76. The number of methoxy groups -OCH3 is 1. The van der Waals surface area contributed by atoms with Crippen molar-refractivity contribution < 1.29 is 23.6 Å². The normalized spacial score (nSPS) is 14.3. The first-order valence-corrected chi connectivity index (χ1v) is 9.18. The van der Waals surface area contributed by atoms with Crippen molar-refractivity contribution in [1.29, 1.82) is 0 Å². The fourth-order valence-electron chi connectivity index (χ4n) is 2.82. The largest absolute Gasteiger partial charge is 0.465 e. The third-order valence-electron chi connectivity index (χ3n) is 4.21. The number of fused-ring (bicyclic) bond motifs is 1. The third-order valence-corrected chi connectivity index (χ3v) is 5.31. The molecule has 0 atom stereocenters. The maximum absolute atomic E-state index is 12.5. The van der Waals surface area contributed by atoms with Crippen LogP contribution in [0.3, 0.4) is 0 Å². The van der Waals surface area contributed by atoms with Crippen LogP contribution in [0.25, 0.3) is 10.1 Å². The second-order valence-electron chi connectivity index (χ2n) is 5.96. The number of hydrogen-bond acceptors (Lipinski definition) is 8. The molecule has 9 heteroatoms. The summed E-state index contributed by atoms with van der Waals surface area (Å²) in [5.74, 6) is -0.180. The van der Waals surface area contributed by atoms with Crippen molar-refractivity contribution in [3.63, 3.8) is 0 Å². The molecule has 0 radical (unpaired) electrons. The quantitative estimate of drug-likeness (QED) is 0.688. The fraction of sp³-hybridized carbons (Fsp3) is 0.278. The fourth-order valence-corrected chi connectivity index (χ4v) is 3.78. The molecule has 27 heavy (non-hydrogen) atoms. The number of thiophene rings is 1. The Bertz CT molecular complexity index is 990. The Morgan fingerprint density at radius 3 is 2.81 bits per heavy atom. The second kappa shape index (κ2) is 7.37. The number of benzene rings is 1. The first-order chi connectivity index (χ1) is 13.1. The lowest BCUT2D eigenvalue weighted by Gasteiger charge is -2.25. The summed E-state index contributed by atoms with van der Waals surface area (Å²) < 4.78 is 16.3. The standard InChI is InChI=1S/C18H17N3O5S/c1-24-18(23)15-9-11-8-12(2-3-14(11)27-15)19-17(22)13-10-16(26-20-13)21-4-6-25-7-5-21/h2-3,8-10H,4-7H2,1H3,(H,19,22). The zero-order chi connectivity index (χ0) is 18.8. The molecule has 0 saturated carbocycles. The lowest BCUT2D eigenvalue weighted by molar-refractivity contribution is 0.0606. The summed E-state index contributed by atoms with van der Waals surface area (Å²) in [6.45, 7) is 2.65. The number of nitrogens with zero attached hydrogens (tertiary/aromatic N) is 2. The van der Waals surface area contributed by atoms with Crippen molar-refractivity contribution in [3.8, 4) is 0 Å². The molecule has 1 fully saturated rings. The van der Waals surface area contributed by atoms with E-state index in [-0.39, 0.29) is 17.6 Å². The van der Waals surface area contributed by atoms with Crippen LogP contribution in [0, 0.1) is 0 Å². The van der Waals surface area contributed by atoms with Crippen molar-refractivity contribution >= 4 is 44.9 Å². The number of morpholine rings is 1. The molecule has 0 spiro atoms. The molecule has 0 aliphatic carbocycles. The van der Waals surface area contributed by atoms with Gasteiger partial charge in [-0.3, -0.25) is 4.79 Å². The highest BCUT2D eigenvalue weighted by molar-refractivity contribution is 7.20. The number of rotatable bonds is 4. The summed E-state index contributed by atoms with van der Waals surface area (Å²) in [4.78, 5) is 26.6. The van der Waals surface area contributed by atoms with Gasteiger partial charge in [0.05, 0.1) is 20.3 Å². The average molecular weight is 387 g/mol. The van der Waals surface area contributed by atoms with Gasteiger partial charge in [-0.2, -0.15) is 0 Å². The summed E-state index contributed by atoms with van der Waals surface area (Å²) >= 11 is 1.34. The van der Waals surface area contributed by atoms with Crippen molar-refractivity contribution in [3.05, 3.63) is 40.9 Å². The van der Waals surface area contributed by atoms with E-state index in [1.54, 1.807) is 24.3 Å². The molecule has 1 aliphatic heterocycles. The molecule has 3 aromatic rings. The van der Waals surface area contributed by atoms with Gasteiger partial charge in [-0.15, -0.1) is 11.3 Å². The van der Waals surface area contributed by atoms with Crippen LogP contribution in [0.4, 0.5) is 11.6 Å². The zero-order valence-corrected chi connectivity index (χ0v) is 15.4. The van der Waals surface area contributed by atoms with Crippen LogP contribution in [-0.4, -0.2) is 50.4 Å². The molecule has 1 N–H and O–H groups in total. The van der Waals surface area contributed by atoms with Gasteiger partial charge in [0.2, 0.25) is 5.88 Å². The molecule has 4 rings (SSSR count). The smallest absolute Gasteiger partial charge is 0.348 e. The highest BCUT2D eigenvalue weighted by Crippen LogP contribution is 2.29. The van der Waals surface area contributed by atoms with E-state index in [1.165, 1.54) is 18.4 Å². The first kappa shape index (κ1) is 17.5. The summed E-state index contributed by atoms with van der Waals surface area (Å²) in [7, 11) is 1.35. The molecular weight excluding hydrogens is 370 g/mol. The third kappa shape index (κ3) is 3.64. The Kier molecular flexibility index (Phi) is 4.78. The van der Waals surface area contributed by atoms with E-state index in [9.17, 15) is 9.59 Å². The highest BCUT2D eigenvalue weighted by atomic mass is 32.1. The number of aromatic nitrogens is 1. The first-order valence-electron chi connectivity index (χ1n) is 8.37. The van der Waals surface area contributed by atoms with Crippen molar-refractivity contribution in [1.82, 2.24) is 5.16 Å². The van der Waals surface area contributed by atoms with Gasteiger partial charge in [0.15, 0.2) is 5.69 Å². The van der Waals surface area contributed by atoms with Crippen LogP contribution >= 0.6 is 11.3 Å². The Labute approximate surface area is 158 Å². The van der Waals surface area contributed by atoms with E-state index in [0.717, 1.165) is 10.1 Å². The Balaban J connectivity index is 1.49. The summed E-state index contributed by atoms with van der Waals surface area (Å²) in [5.41, 5.74) is 0.815.